The Hall–Kier alpha value is -2.23. The van der Waals surface area contributed by atoms with Gasteiger partial charge in [0.15, 0.2) is 5.82 Å². The molecule has 1 aromatic carbocycles. The van der Waals surface area contributed by atoms with Crippen LogP contribution in [0.15, 0.2) is 29.4 Å². The molecule has 1 aliphatic carbocycles. The molecule has 1 fully saturated rings. The minimum Gasteiger partial charge on any atom is -0.497 e. The summed E-state index contributed by atoms with van der Waals surface area (Å²) in [5, 5.41) is 7.12. The van der Waals surface area contributed by atoms with Crippen molar-refractivity contribution in [3.63, 3.8) is 0 Å². The maximum Gasteiger partial charge on any atom is 0.406 e. The van der Waals surface area contributed by atoms with Crippen molar-refractivity contribution in [3.05, 3.63) is 24.3 Å². The smallest absolute Gasteiger partial charge is 0.406 e. The van der Waals surface area contributed by atoms with E-state index in [0.29, 0.717) is 16.7 Å². The van der Waals surface area contributed by atoms with Gasteiger partial charge in [-0.25, -0.2) is 4.98 Å². The quantitative estimate of drug-likeness (QED) is 0.666. The van der Waals surface area contributed by atoms with Gasteiger partial charge >= 0.3 is 6.18 Å². The number of hydrogen-bond acceptors (Lipinski definition) is 5. The fourth-order valence-corrected chi connectivity index (χ4v) is 3.57. The second kappa shape index (κ2) is 8.42. The zero-order valence-corrected chi connectivity index (χ0v) is 16.3. The van der Waals surface area contributed by atoms with E-state index in [-0.39, 0.29) is 11.7 Å². The summed E-state index contributed by atoms with van der Waals surface area (Å²) in [7, 11) is 1.57. The number of nitrogens with one attached hydrogen (secondary N) is 1. The molecule has 0 spiro atoms. The molecule has 3 rings (SSSR count). The van der Waals surface area contributed by atoms with Crippen LogP contribution in [-0.4, -0.2) is 57.6 Å². The summed E-state index contributed by atoms with van der Waals surface area (Å²) in [6.07, 6.45) is -2.69. The number of nitrogens with zero attached hydrogens (tertiary/aromatic N) is 3. The van der Waals surface area contributed by atoms with Gasteiger partial charge in [0, 0.05) is 11.6 Å². The van der Waals surface area contributed by atoms with Crippen molar-refractivity contribution in [2.45, 2.75) is 37.1 Å². The Morgan fingerprint density at radius 1 is 1.36 bits per heavy atom. The van der Waals surface area contributed by atoms with Gasteiger partial charge in [0.2, 0.25) is 11.1 Å². The first kappa shape index (κ1) is 20.5. The van der Waals surface area contributed by atoms with Gasteiger partial charge in [-0.3, -0.25) is 9.89 Å². The molecular formula is C18H21F3N4O2S. The number of hydrogen-bond donors (Lipinski definition) is 1. The van der Waals surface area contributed by atoms with Crippen LogP contribution in [0.3, 0.4) is 0 Å². The van der Waals surface area contributed by atoms with Crippen LogP contribution < -0.4 is 4.74 Å². The highest BCUT2D eigenvalue weighted by molar-refractivity contribution is 7.99. The number of ether oxygens (including phenoxy) is 1. The number of alkyl halides is 3. The van der Waals surface area contributed by atoms with Gasteiger partial charge in [0.25, 0.3) is 0 Å². The number of rotatable bonds is 8. The first-order chi connectivity index (χ1) is 13.3. The van der Waals surface area contributed by atoms with Crippen LogP contribution in [0.25, 0.3) is 11.4 Å². The van der Waals surface area contributed by atoms with E-state index in [1.54, 1.807) is 38.3 Å². The molecule has 1 unspecified atom stereocenters. The minimum absolute atomic E-state index is 0.146. The Morgan fingerprint density at radius 3 is 2.61 bits per heavy atom. The lowest BCUT2D eigenvalue weighted by molar-refractivity contribution is -0.164. The largest absolute Gasteiger partial charge is 0.497 e. The van der Waals surface area contributed by atoms with Crippen LogP contribution in [-0.2, 0) is 4.79 Å². The van der Waals surface area contributed by atoms with E-state index in [1.165, 1.54) is 0 Å². The van der Waals surface area contributed by atoms with E-state index in [2.05, 4.69) is 15.2 Å². The number of methoxy groups -OCH3 is 1. The molecule has 1 N–H and O–H groups in total. The number of H-pyrrole nitrogens is 1. The third-order valence-corrected chi connectivity index (χ3v) is 5.45. The van der Waals surface area contributed by atoms with Crippen molar-refractivity contribution in [3.8, 4) is 17.1 Å². The Morgan fingerprint density at radius 2 is 2.04 bits per heavy atom. The molecule has 28 heavy (non-hydrogen) atoms. The van der Waals surface area contributed by atoms with Gasteiger partial charge < -0.3 is 9.64 Å². The van der Waals surface area contributed by atoms with Gasteiger partial charge in [-0.05, 0) is 49.9 Å². The second-order valence-electron chi connectivity index (χ2n) is 6.70. The molecule has 152 valence electrons. The zero-order valence-electron chi connectivity index (χ0n) is 15.5. The second-order valence-corrected chi connectivity index (χ2v) is 7.64. The molecule has 0 bridgehead atoms. The molecule has 0 aliphatic heterocycles. The lowest BCUT2D eigenvalue weighted by Crippen LogP contribution is -2.46. The van der Waals surface area contributed by atoms with Crippen molar-refractivity contribution in [1.82, 2.24) is 20.1 Å². The van der Waals surface area contributed by atoms with Crippen LogP contribution in [0.4, 0.5) is 13.2 Å². The van der Waals surface area contributed by atoms with Crippen LogP contribution in [0, 0.1) is 5.92 Å². The van der Waals surface area contributed by atoms with Crippen molar-refractivity contribution < 1.29 is 22.7 Å². The SMILES string of the molecule is COc1ccc(-c2nc(SCC(=O)N(CC(F)(F)F)C(C)C3CC3)n[nH]2)cc1. The number of aromatic amines is 1. The maximum absolute atomic E-state index is 12.9. The molecule has 1 aromatic heterocycles. The van der Waals surface area contributed by atoms with Gasteiger partial charge in [-0.1, -0.05) is 11.8 Å². The third kappa shape index (κ3) is 5.40. The summed E-state index contributed by atoms with van der Waals surface area (Å²) in [5.41, 5.74) is 0.785. The summed E-state index contributed by atoms with van der Waals surface area (Å²) in [4.78, 5) is 17.7. The number of carbonyl (C=O) groups is 1. The van der Waals surface area contributed by atoms with E-state index in [1.807, 2.05) is 0 Å². The highest BCUT2D eigenvalue weighted by Gasteiger charge is 2.40. The molecule has 1 amide bonds. The van der Waals surface area contributed by atoms with E-state index >= 15 is 0 Å². The third-order valence-electron chi connectivity index (χ3n) is 4.62. The van der Waals surface area contributed by atoms with Crippen LogP contribution in [0.1, 0.15) is 19.8 Å². The van der Waals surface area contributed by atoms with Crippen LogP contribution >= 0.6 is 11.8 Å². The minimum atomic E-state index is -4.42. The number of thioether (sulfide) groups is 1. The number of amides is 1. The zero-order chi connectivity index (χ0) is 20.3. The Labute approximate surface area is 164 Å². The van der Waals surface area contributed by atoms with Gasteiger partial charge in [-0.2, -0.15) is 13.2 Å². The molecule has 1 heterocycles. The van der Waals surface area contributed by atoms with E-state index in [9.17, 15) is 18.0 Å². The first-order valence-electron chi connectivity index (χ1n) is 8.82. The summed E-state index contributed by atoms with van der Waals surface area (Å²) >= 11 is 1.02. The van der Waals surface area contributed by atoms with E-state index < -0.39 is 24.7 Å². The van der Waals surface area contributed by atoms with Crippen LogP contribution in [0.5, 0.6) is 5.75 Å². The topological polar surface area (TPSA) is 71.1 Å². The predicted octanol–water partition coefficient (Wildman–Crippen LogP) is 3.76. The van der Waals surface area contributed by atoms with E-state index in [0.717, 1.165) is 35.1 Å². The molecule has 10 heteroatoms. The molecule has 0 radical (unpaired) electrons. The van der Waals surface area contributed by atoms with Crippen molar-refractivity contribution in [2.24, 2.45) is 5.92 Å². The lowest BCUT2D eigenvalue weighted by atomic mass is 10.2. The molecule has 6 nitrogen and oxygen atoms in total. The average Bonchev–Trinajstić information content (AvgIpc) is 3.41. The van der Waals surface area contributed by atoms with Gasteiger partial charge in [0.1, 0.15) is 12.3 Å². The fourth-order valence-electron chi connectivity index (χ4n) is 2.88. The monoisotopic (exact) mass is 414 g/mol. The molecule has 1 atom stereocenters. The van der Waals surface area contributed by atoms with Crippen molar-refractivity contribution >= 4 is 17.7 Å². The summed E-state index contributed by atoms with van der Waals surface area (Å²) in [6.45, 7) is 0.454. The maximum atomic E-state index is 12.9. The number of halogens is 3. The molecule has 0 saturated heterocycles. The Kier molecular flexibility index (Phi) is 6.17. The summed E-state index contributed by atoms with van der Waals surface area (Å²) < 4.78 is 43.7. The lowest BCUT2D eigenvalue weighted by Gasteiger charge is -2.30. The molecule has 1 saturated carbocycles. The standard InChI is InChI=1S/C18H21F3N4O2S/c1-11(12-3-4-12)25(10-18(19,20)21)15(26)9-28-17-22-16(23-24-17)13-5-7-14(27-2)8-6-13/h5-8,11-12H,3-4,9-10H2,1-2H3,(H,22,23,24). The summed E-state index contributed by atoms with van der Waals surface area (Å²) in [6, 6.07) is 6.75. The normalized spacial score (nSPS) is 15.3. The van der Waals surface area contributed by atoms with E-state index in [4.69, 9.17) is 4.74 Å². The fraction of sp³-hybridized carbons (Fsp3) is 0.500. The van der Waals surface area contributed by atoms with Gasteiger partial charge in [0.05, 0.1) is 12.9 Å². The highest BCUT2D eigenvalue weighted by Crippen LogP contribution is 2.36. The first-order valence-corrected chi connectivity index (χ1v) is 9.81. The average molecular weight is 414 g/mol. The molecule has 2 aromatic rings. The molecule has 1 aliphatic rings. The Bertz CT molecular complexity index is 806. The van der Waals surface area contributed by atoms with Crippen molar-refractivity contribution in [2.75, 3.05) is 19.4 Å². The highest BCUT2D eigenvalue weighted by atomic mass is 32.2. The molecular weight excluding hydrogens is 393 g/mol. The Balaban J connectivity index is 1.61. The van der Waals surface area contributed by atoms with Gasteiger partial charge in [-0.15, -0.1) is 5.10 Å². The number of aromatic nitrogens is 3. The number of benzene rings is 1. The van der Waals surface area contributed by atoms with Crippen LogP contribution in [0.2, 0.25) is 0 Å². The summed E-state index contributed by atoms with van der Waals surface area (Å²) in [5.74, 6) is 0.667. The van der Waals surface area contributed by atoms with Crippen molar-refractivity contribution in [1.29, 1.82) is 0 Å². The predicted molar refractivity (Wildman–Crippen MR) is 99.0 cm³/mol. The number of carbonyl (C=O) groups excluding carboxylic acids is 1.